The van der Waals surface area contributed by atoms with Crippen molar-refractivity contribution >= 4 is 11.6 Å². The van der Waals surface area contributed by atoms with Crippen LogP contribution in [0.2, 0.25) is 0 Å². The first kappa shape index (κ1) is 11.7. The number of nitrogens with two attached hydrogens (primary N) is 1. The molecule has 1 amide bonds. The number of hydrogen-bond acceptors (Lipinski definition) is 2. The Morgan fingerprint density at radius 2 is 1.93 bits per heavy atom. The fourth-order valence-corrected chi connectivity index (χ4v) is 1.38. The SMILES string of the molecule is CN(C(=O)CCCCN)c1ccccc1. The average Bonchev–Trinajstić information content (AvgIpc) is 2.29. The Balaban J connectivity index is 2.46. The molecule has 0 saturated heterocycles. The van der Waals surface area contributed by atoms with Gasteiger partial charge in [-0.25, -0.2) is 0 Å². The molecular formula is C12H18N2O. The third kappa shape index (κ3) is 3.72. The Hall–Kier alpha value is -1.35. The van der Waals surface area contributed by atoms with Crippen molar-refractivity contribution in [3.63, 3.8) is 0 Å². The molecule has 0 bridgehead atoms. The summed E-state index contributed by atoms with van der Waals surface area (Å²) in [4.78, 5) is 13.4. The Morgan fingerprint density at radius 3 is 2.53 bits per heavy atom. The van der Waals surface area contributed by atoms with E-state index in [0.29, 0.717) is 13.0 Å². The van der Waals surface area contributed by atoms with Gasteiger partial charge in [-0.2, -0.15) is 0 Å². The van der Waals surface area contributed by atoms with Crippen molar-refractivity contribution in [2.75, 3.05) is 18.5 Å². The maximum atomic E-state index is 11.7. The van der Waals surface area contributed by atoms with Crippen molar-refractivity contribution in [2.45, 2.75) is 19.3 Å². The van der Waals surface area contributed by atoms with E-state index in [4.69, 9.17) is 5.73 Å². The molecule has 15 heavy (non-hydrogen) atoms. The van der Waals surface area contributed by atoms with Gasteiger partial charge in [-0.15, -0.1) is 0 Å². The van der Waals surface area contributed by atoms with Gasteiger partial charge in [0.1, 0.15) is 0 Å². The molecule has 0 fully saturated rings. The number of carbonyl (C=O) groups excluding carboxylic acids is 1. The van der Waals surface area contributed by atoms with E-state index < -0.39 is 0 Å². The second-order valence-electron chi connectivity index (χ2n) is 3.53. The number of unbranched alkanes of at least 4 members (excludes halogenated alkanes) is 1. The minimum absolute atomic E-state index is 0.148. The Morgan fingerprint density at radius 1 is 1.27 bits per heavy atom. The first-order valence-corrected chi connectivity index (χ1v) is 5.27. The zero-order valence-electron chi connectivity index (χ0n) is 9.15. The van der Waals surface area contributed by atoms with Crippen LogP contribution >= 0.6 is 0 Å². The van der Waals surface area contributed by atoms with Crippen molar-refractivity contribution in [2.24, 2.45) is 5.73 Å². The quantitative estimate of drug-likeness (QED) is 0.746. The summed E-state index contributed by atoms with van der Waals surface area (Å²) in [5, 5.41) is 0. The topological polar surface area (TPSA) is 46.3 Å². The number of rotatable bonds is 5. The molecule has 0 unspecified atom stereocenters. The van der Waals surface area contributed by atoms with Gasteiger partial charge in [0.25, 0.3) is 0 Å². The molecule has 3 heteroatoms. The summed E-state index contributed by atoms with van der Waals surface area (Å²) in [6, 6.07) is 9.66. The molecule has 82 valence electrons. The van der Waals surface area contributed by atoms with Gasteiger partial charge in [0.05, 0.1) is 0 Å². The lowest BCUT2D eigenvalue weighted by molar-refractivity contribution is -0.118. The lowest BCUT2D eigenvalue weighted by atomic mass is 10.2. The maximum Gasteiger partial charge on any atom is 0.226 e. The van der Waals surface area contributed by atoms with Crippen LogP contribution in [0.4, 0.5) is 5.69 Å². The standard InChI is InChI=1S/C12H18N2O/c1-14(11-7-3-2-4-8-11)12(15)9-5-6-10-13/h2-4,7-8H,5-6,9-10,13H2,1H3. The van der Waals surface area contributed by atoms with Crippen molar-refractivity contribution in [3.05, 3.63) is 30.3 Å². The smallest absolute Gasteiger partial charge is 0.226 e. The highest BCUT2D eigenvalue weighted by atomic mass is 16.2. The second kappa shape index (κ2) is 6.19. The highest BCUT2D eigenvalue weighted by Crippen LogP contribution is 2.12. The minimum Gasteiger partial charge on any atom is -0.330 e. The fraction of sp³-hybridized carbons (Fsp3) is 0.417. The monoisotopic (exact) mass is 206 g/mol. The van der Waals surface area contributed by atoms with Crippen LogP contribution < -0.4 is 10.6 Å². The van der Waals surface area contributed by atoms with Crippen molar-refractivity contribution in [1.29, 1.82) is 0 Å². The summed E-state index contributed by atoms with van der Waals surface area (Å²) < 4.78 is 0. The van der Waals surface area contributed by atoms with Crippen LogP contribution in [0, 0.1) is 0 Å². The van der Waals surface area contributed by atoms with Gasteiger partial charge in [0, 0.05) is 19.2 Å². The number of anilines is 1. The van der Waals surface area contributed by atoms with E-state index in [1.54, 1.807) is 11.9 Å². The normalized spacial score (nSPS) is 10.0. The predicted octanol–water partition coefficient (Wildman–Crippen LogP) is 1.78. The number of amides is 1. The zero-order chi connectivity index (χ0) is 11.1. The van der Waals surface area contributed by atoms with Crippen LogP contribution in [-0.2, 0) is 4.79 Å². The van der Waals surface area contributed by atoms with Gasteiger partial charge >= 0.3 is 0 Å². The highest BCUT2D eigenvalue weighted by molar-refractivity contribution is 5.92. The molecule has 0 aliphatic rings. The van der Waals surface area contributed by atoms with E-state index in [9.17, 15) is 4.79 Å². The third-order valence-corrected chi connectivity index (χ3v) is 2.36. The third-order valence-electron chi connectivity index (χ3n) is 2.36. The molecule has 0 spiro atoms. The molecular weight excluding hydrogens is 188 g/mol. The lowest BCUT2D eigenvalue weighted by Gasteiger charge is -2.16. The predicted molar refractivity (Wildman–Crippen MR) is 62.8 cm³/mol. The fourth-order valence-electron chi connectivity index (χ4n) is 1.38. The van der Waals surface area contributed by atoms with E-state index >= 15 is 0 Å². The van der Waals surface area contributed by atoms with Gasteiger partial charge in [0.15, 0.2) is 0 Å². The second-order valence-corrected chi connectivity index (χ2v) is 3.53. The summed E-state index contributed by atoms with van der Waals surface area (Å²) in [7, 11) is 1.81. The Labute approximate surface area is 90.9 Å². The van der Waals surface area contributed by atoms with Crippen LogP contribution in [0.25, 0.3) is 0 Å². The molecule has 3 nitrogen and oxygen atoms in total. The zero-order valence-corrected chi connectivity index (χ0v) is 9.15. The summed E-state index contributed by atoms with van der Waals surface area (Å²) in [6.07, 6.45) is 2.35. The lowest BCUT2D eigenvalue weighted by Crippen LogP contribution is -2.25. The van der Waals surface area contributed by atoms with Crippen molar-refractivity contribution in [1.82, 2.24) is 0 Å². The number of para-hydroxylation sites is 1. The van der Waals surface area contributed by atoms with Crippen LogP contribution in [0.3, 0.4) is 0 Å². The van der Waals surface area contributed by atoms with Gasteiger partial charge in [0.2, 0.25) is 5.91 Å². The Bertz CT molecular complexity index is 298. The van der Waals surface area contributed by atoms with Gasteiger partial charge in [-0.3, -0.25) is 4.79 Å². The number of benzene rings is 1. The van der Waals surface area contributed by atoms with Gasteiger partial charge in [-0.05, 0) is 31.5 Å². The van der Waals surface area contributed by atoms with E-state index in [0.717, 1.165) is 18.5 Å². The molecule has 1 aromatic rings. The van der Waals surface area contributed by atoms with Crippen LogP contribution in [0.15, 0.2) is 30.3 Å². The van der Waals surface area contributed by atoms with Gasteiger partial charge in [-0.1, -0.05) is 18.2 Å². The van der Waals surface area contributed by atoms with Gasteiger partial charge < -0.3 is 10.6 Å². The average molecular weight is 206 g/mol. The molecule has 0 radical (unpaired) electrons. The van der Waals surface area contributed by atoms with Crippen LogP contribution in [0.5, 0.6) is 0 Å². The first-order valence-electron chi connectivity index (χ1n) is 5.27. The number of hydrogen-bond donors (Lipinski definition) is 1. The molecule has 0 saturated carbocycles. The molecule has 0 heterocycles. The largest absolute Gasteiger partial charge is 0.330 e. The number of carbonyl (C=O) groups is 1. The van der Waals surface area contributed by atoms with E-state index in [2.05, 4.69) is 0 Å². The molecule has 0 aliphatic heterocycles. The maximum absolute atomic E-state index is 11.7. The minimum atomic E-state index is 0.148. The van der Waals surface area contributed by atoms with Crippen LogP contribution in [0.1, 0.15) is 19.3 Å². The summed E-state index contributed by atoms with van der Waals surface area (Å²) >= 11 is 0. The first-order chi connectivity index (χ1) is 7.25. The Kier molecular flexibility index (Phi) is 4.84. The summed E-state index contributed by atoms with van der Waals surface area (Å²) in [6.45, 7) is 0.655. The molecule has 1 aromatic carbocycles. The van der Waals surface area contributed by atoms with Crippen molar-refractivity contribution in [3.8, 4) is 0 Å². The summed E-state index contributed by atoms with van der Waals surface area (Å²) in [5.41, 5.74) is 6.32. The molecule has 1 rings (SSSR count). The molecule has 0 aromatic heterocycles. The summed E-state index contributed by atoms with van der Waals surface area (Å²) in [5.74, 6) is 0.148. The van der Waals surface area contributed by atoms with E-state index in [1.807, 2.05) is 30.3 Å². The van der Waals surface area contributed by atoms with E-state index in [-0.39, 0.29) is 5.91 Å². The van der Waals surface area contributed by atoms with Crippen LogP contribution in [-0.4, -0.2) is 19.5 Å². The molecule has 0 atom stereocenters. The van der Waals surface area contributed by atoms with Crippen molar-refractivity contribution < 1.29 is 4.79 Å². The number of nitrogens with zero attached hydrogens (tertiary/aromatic N) is 1. The van der Waals surface area contributed by atoms with E-state index in [1.165, 1.54) is 0 Å². The highest BCUT2D eigenvalue weighted by Gasteiger charge is 2.09. The molecule has 0 aliphatic carbocycles. The molecule has 2 N–H and O–H groups in total.